The van der Waals surface area contributed by atoms with E-state index in [0.29, 0.717) is 28.5 Å². The number of rotatable bonds is 14. The zero-order valence-electron chi connectivity index (χ0n) is 26.2. The van der Waals surface area contributed by atoms with Gasteiger partial charge in [0.25, 0.3) is 0 Å². The van der Waals surface area contributed by atoms with Crippen LogP contribution < -0.4 is 15.3 Å². The van der Waals surface area contributed by atoms with Crippen molar-refractivity contribution in [3.05, 3.63) is 59.4 Å². The van der Waals surface area contributed by atoms with Crippen molar-refractivity contribution in [2.75, 3.05) is 18.9 Å². The summed E-state index contributed by atoms with van der Waals surface area (Å²) < 4.78 is 39.8. The van der Waals surface area contributed by atoms with Gasteiger partial charge in [-0.25, -0.2) is 14.5 Å². The first-order chi connectivity index (χ1) is 20.8. The fourth-order valence-corrected chi connectivity index (χ4v) is 6.46. The fraction of sp³-hybridized carbons (Fsp3) is 0.452. The molecular formula is C31H41ClN5O6P. The lowest BCUT2D eigenvalue weighted by Gasteiger charge is -2.38. The Hall–Kier alpha value is -3.21. The molecule has 0 saturated carbocycles. The van der Waals surface area contributed by atoms with Gasteiger partial charge in [0.1, 0.15) is 29.7 Å². The second-order valence-corrected chi connectivity index (χ2v) is 13.5. The number of fused-ring (bicyclic) bond motifs is 3. The lowest BCUT2D eigenvalue weighted by atomic mass is 9.88. The van der Waals surface area contributed by atoms with E-state index in [9.17, 15) is 9.36 Å². The van der Waals surface area contributed by atoms with Gasteiger partial charge in [0, 0.05) is 17.0 Å². The summed E-state index contributed by atoms with van der Waals surface area (Å²) in [5.74, 6) is 0.473. The number of anilines is 1. The highest BCUT2D eigenvalue weighted by Crippen LogP contribution is 2.48. The van der Waals surface area contributed by atoms with Crippen LogP contribution in [-0.4, -0.2) is 45.9 Å². The standard InChI is InChI=1S/C31H41ClN5O6P/c1-8-40-17-26-35-27-28(24-11-9-10-12-25(24)34-29(27)33)37(26)31(7,19(2)3)18-41-44(39,36-21(6)30(38)42-20(4)5)43-23-15-13-22(32)14-16-23/h9-16,19-21H,8,17-18H2,1-7H3,(H2,33,34)(H,36,39)/t21-,31-,44?/m0/s1. The number of carbonyl (C=O) groups excluding carboxylic acids is 1. The summed E-state index contributed by atoms with van der Waals surface area (Å²) in [5.41, 5.74) is 7.57. The lowest BCUT2D eigenvalue weighted by molar-refractivity contribution is -0.149. The van der Waals surface area contributed by atoms with Gasteiger partial charge in [-0.3, -0.25) is 9.32 Å². The molecule has 2 aromatic heterocycles. The minimum Gasteiger partial charge on any atom is -0.462 e. The van der Waals surface area contributed by atoms with Crippen molar-refractivity contribution in [1.82, 2.24) is 19.6 Å². The highest BCUT2D eigenvalue weighted by molar-refractivity contribution is 7.52. The number of hydrogen-bond donors (Lipinski definition) is 2. The van der Waals surface area contributed by atoms with Gasteiger partial charge in [0.05, 0.1) is 29.3 Å². The number of nitrogens with two attached hydrogens (primary N) is 1. The number of imidazole rings is 1. The van der Waals surface area contributed by atoms with Crippen molar-refractivity contribution in [1.29, 1.82) is 0 Å². The third-order valence-electron chi connectivity index (χ3n) is 7.40. The molecule has 4 aromatic rings. The van der Waals surface area contributed by atoms with Crippen LogP contribution >= 0.6 is 19.3 Å². The summed E-state index contributed by atoms with van der Waals surface area (Å²) in [4.78, 5) is 22.1. The number of para-hydroxylation sites is 1. The van der Waals surface area contributed by atoms with Gasteiger partial charge in [0.2, 0.25) is 0 Å². The van der Waals surface area contributed by atoms with Crippen LogP contribution in [-0.2, 0) is 35.5 Å². The van der Waals surface area contributed by atoms with E-state index in [-0.39, 0.29) is 36.8 Å². The quantitative estimate of drug-likeness (QED) is 0.110. The summed E-state index contributed by atoms with van der Waals surface area (Å²) in [6.45, 7) is 13.6. The van der Waals surface area contributed by atoms with Crippen molar-refractivity contribution in [3.8, 4) is 5.75 Å². The Labute approximate surface area is 263 Å². The van der Waals surface area contributed by atoms with Crippen molar-refractivity contribution >= 4 is 53.1 Å². The van der Waals surface area contributed by atoms with Crippen LogP contribution in [0.1, 0.15) is 54.3 Å². The third-order valence-corrected chi connectivity index (χ3v) is 9.28. The van der Waals surface area contributed by atoms with Crippen molar-refractivity contribution in [3.63, 3.8) is 0 Å². The average Bonchev–Trinajstić information content (AvgIpc) is 3.36. The number of ether oxygens (including phenoxy) is 2. The SMILES string of the molecule is CCOCc1nc2c(N)nc3ccccc3c2n1[C@@](C)(COP(=O)(N[C@@H](C)C(=O)OC(C)C)Oc1ccc(Cl)cc1)C(C)C. The number of halogens is 1. The van der Waals surface area contributed by atoms with Crippen LogP contribution in [0.2, 0.25) is 5.02 Å². The van der Waals surface area contributed by atoms with Crippen molar-refractivity contribution in [2.45, 2.75) is 72.8 Å². The van der Waals surface area contributed by atoms with E-state index >= 15 is 0 Å². The normalized spacial score (nSPS) is 15.4. The molecule has 0 spiro atoms. The molecule has 3 N–H and O–H groups in total. The van der Waals surface area contributed by atoms with Gasteiger partial charge >= 0.3 is 13.7 Å². The first kappa shape index (κ1) is 33.7. The van der Waals surface area contributed by atoms with Gasteiger partial charge < -0.3 is 24.3 Å². The lowest BCUT2D eigenvalue weighted by Crippen LogP contribution is -2.43. The predicted octanol–water partition coefficient (Wildman–Crippen LogP) is 6.86. The Kier molecular flexibility index (Phi) is 10.6. The topological polar surface area (TPSA) is 140 Å². The number of nitrogens with one attached hydrogen (secondary N) is 1. The van der Waals surface area contributed by atoms with E-state index in [1.54, 1.807) is 45.0 Å². The van der Waals surface area contributed by atoms with Gasteiger partial charge in [-0.05, 0) is 70.9 Å². The maximum Gasteiger partial charge on any atom is 0.459 e. The number of hydrogen-bond acceptors (Lipinski definition) is 9. The number of esters is 1. The van der Waals surface area contributed by atoms with Crippen LogP contribution in [0.5, 0.6) is 5.75 Å². The minimum absolute atomic E-state index is 0.0826. The number of aromatic nitrogens is 3. The molecule has 238 valence electrons. The zero-order valence-corrected chi connectivity index (χ0v) is 27.8. The van der Waals surface area contributed by atoms with Crippen LogP contribution in [0.25, 0.3) is 21.9 Å². The minimum atomic E-state index is -4.20. The van der Waals surface area contributed by atoms with E-state index < -0.39 is 25.3 Å². The molecule has 0 fully saturated rings. The number of nitrogens with zero attached hydrogens (tertiary/aromatic N) is 3. The number of nitrogen functional groups attached to an aromatic ring is 1. The maximum atomic E-state index is 14.4. The smallest absolute Gasteiger partial charge is 0.459 e. The van der Waals surface area contributed by atoms with Crippen LogP contribution in [0.3, 0.4) is 0 Å². The fourth-order valence-electron chi connectivity index (χ4n) is 4.74. The number of pyridine rings is 1. The molecule has 1 unspecified atom stereocenters. The Morgan fingerprint density at radius 1 is 1.09 bits per heavy atom. The van der Waals surface area contributed by atoms with Gasteiger partial charge in [-0.2, -0.15) is 5.09 Å². The van der Waals surface area contributed by atoms with E-state index in [1.807, 2.05) is 56.5 Å². The first-order valence-corrected chi connectivity index (χ1v) is 16.5. The van der Waals surface area contributed by atoms with Crippen LogP contribution in [0.15, 0.2) is 48.5 Å². The largest absolute Gasteiger partial charge is 0.462 e. The molecule has 11 nitrogen and oxygen atoms in total. The number of carbonyl (C=O) groups is 1. The van der Waals surface area contributed by atoms with E-state index in [1.165, 1.54) is 0 Å². The maximum absolute atomic E-state index is 14.4. The molecular weight excluding hydrogens is 605 g/mol. The average molecular weight is 646 g/mol. The monoisotopic (exact) mass is 645 g/mol. The third kappa shape index (κ3) is 7.35. The second kappa shape index (κ2) is 13.8. The molecule has 0 saturated heterocycles. The molecule has 44 heavy (non-hydrogen) atoms. The zero-order chi connectivity index (χ0) is 32.2. The summed E-state index contributed by atoms with van der Waals surface area (Å²) in [5, 5.41) is 4.10. The molecule has 2 heterocycles. The molecule has 2 aromatic carbocycles. The highest BCUT2D eigenvalue weighted by atomic mass is 35.5. The molecule has 13 heteroatoms. The molecule has 0 bridgehead atoms. The van der Waals surface area contributed by atoms with Crippen LogP contribution in [0, 0.1) is 5.92 Å². The van der Waals surface area contributed by atoms with Gasteiger partial charge in [0.15, 0.2) is 5.82 Å². The summed E-state index contributed by atoms with van der Waals surface area (Å²) in [6.07, 6.45) is -0.358. The Bertz CT molecular complexity index is 1660. The molecule has 4 rings (SSSR count). The Morgan fingerprint density at radius 2 is 1.77 bits per heavy atom. The summed E-state index contributed by atoms with van der Waals surface area (Å²) in [7, 11) is -4.20. The van der Waals surface area contributed by atoms with Crippen LogP contribution in [0.4, 0.5) is 5.82 Å². The Morgan fingerprint density at radius 3 is 2.41 bits per heavy atom. The molecule has 0 amide bonds. The van der Waals surface area contributed by atoms with E-state index in [4.69, 9.17) is 40.8 Å². The molecule has 0 aliphatic rings. The van der Waals surface area contributed by atoms with Gasteiger partial charge in [-0.1, -0.05) is 43.6 Å². The van der Waals surface area contributed by atoms with Crippen molar-refractivity contribution in [2.24, 2.45) is 5.92 Å². The molecule has 0 aliphatic carbocycles. The predicted molar refractivity (Wildman–Crippen MR) is 173 cm³/mol. The summed E-state index contributed by atoms with van der Waals surface area (Å²) >= 11 is 6.06. The van der Waals surface area contributed by atoms with Gasteiger partial charge in [-0.15, -0.1) is 0 Å². The number of benzene rings is 2. The first-order valence-electron chi connectivity index (χ1n) is 14.6. The molecule has 3 atom stereocenters. The molecule has 0 aliphatic heterocycles. The Balaban J connectivity index is 1.81. The highest BCUT2D eigenvalue weighted by Gasteiger charge is 2.41. The van der Waals surface area contributed by atoms with E-state index in [2.05, 4.69) is 10.1 Å². The van der Waals surface area contributed by atoms with E-state index in [0.717, 1.165) is 10.9 Å². The molecule has 0 radical (unpaired) electrons. The summed E-state index contributed by atoms with van der Waals surface area (Å²) in [6, 6.07) is 13.0. The van der Waals surface area contributed by atoms with Crippen molar-refractivity contribution < 1.29 is 27.9 Å². The second-order valence-electron chi connectivity index (χ2n) is 11.4.